The van der Waals surface area contributed by atoms with Crippen LogP contribution in [0.5, 0.6) is 17.2 Å². The van der Waals surface area contributed by atoms with Gasteiger partial charge < -0.3 is 24.4 Å². The molecule has 7 heteroatoms. The minimum absolute atomic E-state index is 0.225. The molecule has 1 unspecified atom stereocenters. The number of carbonyl (C=O) groups is 2. The second kappa shape index (κ2) is 10.7. The van der Waals surface area contributed by atoms with Crippen molar-refractivity contribution < 1.29 is 23.8 Å². The molecule has 0 aliphatic rings. The maximum atomic E-state index is 13.1. The van der Waals surface area contributed by atoms with E-state index in [-0.39, 0.29) is 25.0 Å². The number of benzene rings is 2. The molecule has 0 fully saturated rings. The summed E-state index contributed by atoms with van der Waals surface area (Å²) >= 11 is 0. The highest BCUT2D eigenvalue weighted by Gasteiger charge is 2.29. The van der Waals surface area contributed by atoms with Crippen molar-refractivity contribution in [2.24, 2.45) is 0 Å². The van der Waals surface area contributed by atoms with Crippen LogP contribution in [-0.4, -0.2) is 49.1 Å². The van der Waals surface area contributed by atoms with Crippen molar-refractivity contribution in [3.63, 3.8) is 0 Å². The first-order valence-electron chi connectivity index (χ1n) is 10.1. The summed E-state index contributed by atoms with van der Waals surface area (Å²) in [6.45, 7) is 7.42. The Balaban J connectivity index is 2.22. The van der Waals surface area contributed by atoms with Crippen LogP contribution in [0.3, 0.4) is 0 Å². The molecule has 0 saturated carbocycles. The largest absolute Gasteiger partial charge is 0.497 e. The van der Waals surface area contributed by atoms with E-state index in [0.29, 0.717) is 17.2 Å². The first-order valence-corrected chi connectivity index (χ1v) is 10.1. The number of hydrogen-bond donors (Lipinski definition) is 1. The van der Waals surface area contributed by atoms with E-state index in [2.05, 4.69) is 5.32 Å². The van der Waals surface area contributed by atoms with Crippen LogP contribution < -0.4 is 19.5 Å². The standard InChI is InChI=1S/C24H32N2O5/c1-17(23(28)25-24(2,3)4)26(15-18-10-9-11-19(14-18)29-5)22(27)16-31-21-13-8-7-12-20(21)30-6/h7-14,17H,15-16H2,1-6H3,(H,25,28). The average molecular weight is 429 g/mol. The van der Waals surface area contributed by atoms with Crippen LogP contribution in [0, 0.1) is 0 Å². The first-order chi connectivity index (χ1) is 14.6. The SMILES string of the molecule is COc1cccc(CN(C(=O)COc2ccccc2OC)C(C)C(=O)NC(C)(C)C)c1. The zero-order valence-corrected chi connectivity index (χ0v) is 19.1. The Morgan fingerprint density at radius 1 is 1.00 bits per heavy atom. The average Bonchev–Trinajstić information content (AvgIpc) is 2.74. The summed E-state index contributed by atoms with van der Waals surface area (Å²) in [5.74, 6) is 1.13. The molecular weight excluding hydrogens is 396 g/mol. The van der Waals surface area contributed by atoms with E-state index in [9.17, 15) is 9.59 Å². The molecule has 1 atom stereocenters. The third-order valence-corrected chi connectivity index (χ3v) is 4.57. The van der Waals surface area contributed by atoms with Crippen molar-refractivity contribution in [3.05, 3.63) is 54.1 Å². The van der Waals surface area contributed by atoms with Gasteiger partial charge in [-0.15, -0.1) is 0 Å². The van der Waals surface area contributed by atoms with E-state index >= 15 is 0 Å². The Morgan fingerprint density at radius 2 is 1.68 bits per heavy atom. The highest BCUT2D eigenvalue weighted by Crippen LogP contribution is 2.26. The van der Waals surface area contributed by atoms with Gasteiger partial charge in [0.1, 0.15) is 11.8 Å². The Kier molecular flexibility index (Phi) is 8.30. The fourth-order valence-electron chi connectivity index (χ4n) is 2.98. The van der Waals surface area contributed by atoms with Gasteiger partial charge in [-0.25, -0.2) is 0 Å². The lowest BCUT2D eigenvalue weighted by Crippen LogP contribution is -2.53. The summed E-state index contributed by atoms with van der Waals surface area (Å²) in [6.07, 6.45) is 0. The van der Waals surface area contributed by atoms with E-state index in [0.717, 1.165) is 5.56 Å². The number of nitrogens with one attached hydrogen (secondary N) is 1. The number of carbonyl (C=O) groups excluding carboxylic acids is 2. The molecule has 1 N–H and O–H groups in total. The number of hydrogen-bond acceptors (Lipinski definition) is 5. The molecule has 2 aromatic rings. The Labute approximate surface area is 184 Å². The molecule has 2 amide bonds. The van der Waals surface area contributed by atoms with Gasteiger partial charge in [-0.1, -0.05) is 24.3 Å². The molecule has 0 bridgehead atoms. The highest BCUT2D eigenvalue weighted by atomic mass is 16.5. The number of ether oxygens (including phenoxy) is 3. The normalized spacial score (nSPS) is 11.9. The summed E-state index contributed by atoms with van der Waals surface area (Å²) in [4.78, 5) is 27.4. The van der Waals surface area contributed by atoms with E-state index in [1.54, 1.807) is 32.2 Å². The molecule has 0 heterocycles. The zero-order valence-electron chi connectivity index (χ0n) is 19.1. The molecule has 2 aromatic carbocycles. The molecule has 0 aromatic heterocycles. The third-order valence-electron chi connectivity index (χ3n) is 4.57. The van der Waals surface area contributed by atoms with Crippen molar-refractivity contribution >= 4 is 11.8 Å². The van der Waals surface area contributed by atoms with Crippen LogP contribution in [0.2, 0.25) is 0 Å². The van der Waals surface area contributed by atoms with Crippen LogP contribution >= 0.6 is 0 Å². The maximum Gasteiger partial charge on any atom is 0.261 e. The number of rotatable bonds is 9. The van der Waals surface area contributed by atoms with Crippen molar-refractivity contribution in [2.75, 3.05) is 20.8 Å². The van der Waals surface area contributed by atoms with Crippen molar-refractivity contribution in [1.29, 1.82) is 0 Å². The highest BCUT2D eigenvalue weighted by molar-refractivity contribution is 5.88. The number of nitrogens with zero attached hydrogens (tertiary/aromatic N) is 1. The van der Waals surface area contributed by atoms with Gasteiger partial charge in [-0.05, 0) is 57.5 Å². The monoisotopic (exact) mass is 428 g/mol. The van der Waals surface area contributed by atoms with E-state index in [1.165, 1.54) is 12.0 Å². The fourth-order valence-corrected chi connectivity index (χ4v) is 2.98. The molecule has 0 radical (unpaired) electrons. The minimum atomic E-state index is -0.695. The lowest BCUT2D eigenvalue weighted by atomic mass is 10.1. The summed E-state index contributed by atoms with van der Waals surface area (Å²) in [5, 5.41) is 2.94. The van der Waals surface area contributed by atoms with Gasteiger partial charge in [0, 0.05) is 12.1 Å². The molecule has 0 aliphatic heterocycles. The zero-order chi connectivity index (χ0) is 23.0. The second-order valence-corrected chi connectivity index (χ2v) is 8.23. The quantitative estimate of drug-likeness (QED) is 0.662. The lowest BCUT2D eigenvalue weighted by Gasteiger charge is -2.31. The Bertz CT molecular complexity index is 892. The number of para-hydroxylation sites is 2. The Hall–Kier alpha value is -3.22. The van der Waals surface area contributed by atoms with Crippen molar-refractivity contribution in [1.82, 2.24) is 10.2 Å². The smallest absolute Gasteiger partial charge is 0.261 e. The Morgan fingerprint density at radius 3 is 2.29 bits per heavy atom. The molecule has 31 heavy (non-hydrogen) atoms. The predicted octanol–water partition coefficient (Wildman–Crippen LogP) is 3.41. The third kappa shape index (κ3) is 7.20. The summed E-state index contributed by atoms with van der Waals surface area (Å²) in [6, 6.07) is 13.8. The maximum absolute atomic E-state index is 13.1. The van der Waals surface area contributed by atoms with Crippen molar-refractivity contribution in [2.45, 2.75) is 45.8 Å². The van der Waals surface area contributed by atoms with Crippen LogP contribution in [0.15, 0.2) is 48.5 Å². The minimum Gasteiger partial charge on any atom is -0.497 e. The molecule has 2 rings (SSSR count). The summed E-state index contributed by atoms with van der Waals surface area (Å²) in [5.41, 5.74) is 0.435. The predicted molar refractivity (Wildman–Crippen MR) is 119 cm³/mol. The molecule has 168 valence electrons. The molecule has 0 aliphatic carbocycles. The fraction of sp³-hybridized carbons (Fsp3) is 0.417. The molecular formula is C24H32N2O5. The van der Waals surface area contributed by atoms with Gasteiger partial charge in [0.05, 0.1) is 14.2 Å². The summed E-state index contributed by atoms with van der Waals surface area (Å²) in [7, 11) is 3.13. The van der Waals surface area contributed by atoms with Gasteiger partial charge >= 0.3 is 0 Å². The van der Waals surface area contributed by atoms with Crippen LogP contribution in [0.25, 0.3) is 0 Å². The van der Waals surface area contributed by atoms with Crippen LogP contribution in [-0.2, 0) is 16.1 Å². The molecule has 0 spiro atoms. The van der Waals surface area contributed by atoms with Gasteiger partial charge in [-0.2, -0.15) is 0 Å². The summed E-state index contributed by atoms with van der Waals surface area (Å²) < 4.78 is 16.3. The second-order valence-electron chi connectivity index (χ2n) is 8.23. The van der Waals surface area contributed by atoms with Crippen LogP contribution in [0.1, 0.15) is 33.3 Å². The van der Waals surface area contributed by atoms with E-state index in [1.807, 2.05) is 51.1 Å². The van der Waals surface area contributed by atoms with E-state index in [4.69, 9.17) is 14.2 Å². The topological polar surface area (TPSA) is 77.1 Å². The number of methoxy groups -OCH3 is 2. The van der Waals surface area contributed by atoms with E-state index < -0.39 is 11.6 Å². The number of amides is 2. The van der Waals surface area contributed by atoms with Gasteiger partial charge in [-0.3, -0.25) is 9.59 Å². The van der Waals surface area contributed by atoms with Crippen molar-refractivity contribution in [3.8, 4) is 17.2 Å². The van der Waals surface area contributed by atoms with Gasteiger partial charge in [0.15, 0.2) is 18.1 Å². The lowest BCUT2D eigenvalue weighted by molar-refractivity contribution is -0.142. The molecule has 0 saturated heterocycles. The molecule has 7 nitrogen and oxygen atoms in total. The first kappa shape index (κ1) is 24.1. The van der Waals surface area contributed by atoms with Gasteiger partial charge in [0.2, 0.25) is 5.91 Å². The van der Waals surface area contributed by atoms with Gasteiger partial charge in [0.25, 0.3) is 5.91 Å². The van der Waals surface area contributed by atoms with Crippen LogP contribution in [0.4, 0.5) is 0 Å².